The van der Waals surface area contributed by atoms with E-state index in [0.717, 1.165) is 11.4 Å². The van der Waals surface area contributed by atoms with E-state index < -0.39 is 0 Å². The molecule has 12 rings (SSSR count). The second kappa shape index (κ2) is 12.0. The summed E-state index contributed by atoms with van der Waals surface area (Å²) >= 11 is 0. The van der Waals surface area contributed by atoms with Crippen LogP contribution in [-0.2, 0) is 0 Å². The summed E-state index contributed by atoms with van der Waals surface area (Å²) in [6.45, 7) is 0. The molecule has 2 heteroatoms. The zero-order valence-corrected chi connectivity index (χ0v) is 30.5. The molecule has 0 bridgehead atoms. The maximum absolute atomic E-state index is 2.46. The van der Waals surface area contributed by atoms with Gasteiger partial charge in [0.2, 0.25) is 0 Å². The lowest BCUT2D eigenvalue weighted by Gasteiger charge is -2.25. The highest BCUT2D eigenvalue weighted by Crippen LogP contribution is 2.51. The molecule has 0 N–H and O–H groups in total. The van der Waals surface area contributed by atoms with Gasteiger partial charge in [0.15, 0.2) is 0 Å². The average Bonchev–Trinajstić information content (AvgIpc) is 3.79. The van der Waals surface area contributed by atoms with E-state index in [1.807, 2.05) is 0 Å². The first-order valence-electron chi connectivity index (χ1n) is 19.4. The Morgan fingerprint density at radius 2 is 0.536 bits per heavy atom. The third-order valence-electron chi connectivity index (χ3n) is 11.9. The van der Waals surface area contributed by atoms with Crippen molar-refractivity contribution in [2.45, 2.75) is 0 Å². The molecule has 1 aliphatic carbocycles. The first-order chi connectivity index (χ1) is 27.8. The van der Waals surface area contributed by atoms with Crippen LogP contribution in [0.25, 0.3) is 111 Å². The van der Waals surface area contributed by atoms with Crippen LogP contribution in [0.4, 0.5) is 0 Å². The number of fused-ring (bicyclic) bond motifs is 14. The highest BCUT2D eigenvalue weighted by Gasteiger charge is 2.25. The van der Waals surface area contributed by atoms with Crippen LogP contribution in [0.2, 0.25) is 0 Å². The predicted octanol–water partition coefficient (Wildman–Crippen LogP) is 14.5. The molecule has 1 aliphatic rings. The molecule has 2 heterocycles. The number of nitrogens with zero attached hydrogens (tertiary/aromatic N) is 2. The van der Waals surface area contributed by atoms with Crippen molar-refractivity contribution in [2.75, 3.05) is 0 Å². The normalized spacial score (nSPS) is 11.9. The largest absolute Gasteiger partial charge is 0.309 e. The Bertz CT molecular complexity index is 3130. The summed E-state index contributed by atoms with van der Waals surface area (Å²) in [4.78, 5) is 0. The fraction of sp³-hybridized carbons (Fsp3) is 0. The lowest BCUT2D eigenvalue weighted by Crippen LogP contribution is -2.02. The van der Waals surface area contributed by atoms with Crippen molar-refractivity contribution in [3.8, 4) is 67.0 Å². The lowest BCUT2D eigenvalue weighted by atomic mass is 9.78. The summed E-state index contributed by atoms with van der Waals surface area (Å²) in [6.07, 6.45) is 0. The molecule has 260 valence electrons. The van der Waals surface area contributed by atoms with Gasteiger partial charge in [0.05, 0.1) is 22.1 Å². The Hall–Kier alpha value is -7.42. The first kappa shape index (κ1) is 31.0. The van der Waals surface area contributed by atoms with Crippen molar-refractivity contribution in [3.05, 3.63) is 206 Å². The smallest absolute Gasteiger partial charge is 0.0541 e. The van der Waals surface area contributed by atoms with E-state index in [1.54, 1.807) is 0 Å². The Kier molecular flexibility index (Phi) is 6.66. The molecule has 2 nitrogen and oxygen atoms in total. The second-order valence-electron chi connectivity index (χ2n) is 14.8. The molecule has 11 aromatic rings. The summed E-state index contributed by atoms with van der Waals surface area (Å²) in [6, 6.07) is 76.1. The highest BCUT2D eigenvalue weighted by atomic mass is 15.0. The number of aromatic nitrogens is 2. The highest BCUT2D eigenvalue weighted by molar-refractivity contribution is 6.12. The summed E-state index contributed by atoms with van der Waals surface area (Å²) in [5.41, 5.74) is 19.4. The quantitative estimate of drug-likeness (QED) is 0.173. The van der Waals surface area contributed by atoms with Crippen molar-refractivity contribution in [2.24, 2.45) is 0 Å². The Balaban J connectivity index is 1.23. The molecule has 0 fully saturated rings. The minimum absolute atomic E-state index is 1.12. The lowest BCUT2D eigenvalue weighted by molar-refractivity contribution is 1.13. The SMILES string of the molecule is c1ccc2c(c1)-c1ccccc1-c1cccc(-c3cc(-n4c5ccccc5c5ccccc54)cc(-n4c5ccccc5c5ccccc54)c3)c1-c1ccccc1-2. The minimum atomic E-state index is 1.12. The third kappa shape index (κ3) is 4.44. The van der Waals surface area contributed by atoms with Gasteiger partial charge in [-0.15, -0.1) is 0 Å². The molecule has 0 aliphatic heterocycles. The zero-order chi connectivity index (χ0) is 36.7. The number of rotatable bonds is 3. The maximum Gasteiger partial charge on any atom is 0.0541 e. The topological polar surface area (TPSA) is 9.86 Å². The van der Waals surface area contributed by atoms with E-state index in [4.69, 9.17) is 0 Å². The van der Waals surface area contributed by atoms with Crippen molar-refractivity contribution >= 4 is 43.6 Å². The average molecular weight is 711 g/mol. The third-order valence-corrected chi connectivity index (χ3v) is 11.9. The van der Waals surface area contributed by atoms with Crippen molar-refractivity contribution < 1.29 is 0 Å². The van der Waals surface area contributed by atoms with Gasteiger partial charge < -0.3 is 9.13 Å². The Morgan fingerprint density at radius 3 is 0.964 bits per heavy atom. The molecular weight excluding hydrogens is 677 g/mol. The fourth-order valence-electron chi connectivity index (χ4n) is 9.56. The monoisotopic (exact) mass is 710 g/mol. The van der Waals surface area contributed by atoms with Gasteiger partial charge in [0.1, 0.15) is 0 Å². The van der Waals surface area contributed by atoms with Crippen LogP contribution < -0.4 is 0 Å². The maximum atomic E-state index is 2.46. The van der Waals surface area contributed by atoms with E-state index in [2.05, 4.69) is 215 Å². The van der Waals surface area contributed by atoms with E-state index in [0.29, 0.717) is 0 Å². The summed E-state index contributed by atoms with van der Waals surface area (Å²) < 4.78 is 4.91. The fourth-order valence-corrected chi connectivity index (χ4v) is 9.56. The molecule has 9 aromatic carbocycles. The van der Waals surface area contributed by atoms with Gasteiger partial charge >= 0.3 is 0 Å². The molecule has 0 spiro atoms. The number of benzene rings is 9. The number of hydrogen-bond acceptors (Lipinski definition) is 0. The molecule has 0 saturated heterocycles. The molecule has 2 aromatic heterocycles. The Labute approximate surface area is 324 Å². The zero-order valence-electron chi connectivity index (χ0n) is 30.5. The van der Waals surface area contributed by atoms with Gasteiger partial charge in [-0.3, -0.25) is 0 Å². The molecule has 0 saturated carbocycles. The molecule has 0 atom stereocenters. The predicted molar refractivity (Wildman–Crippen MR) is 236 cm³/mol. The van der Waals surface area contributed by atoms with Gasteiger partial charge in [-0.1, -0.05) is 164 Å². The van der Waals surface area contributed by atoms with Crippen LogP contribution in [0, 0.1) is 0 Å². The molecular formula is C54H34N2. The molecule has 0 radical (unpaired) electrons. The van der Waals surface area contributed by atoms with Crippen LogP contribution >= 0.6 is 0 Å². The van der Waals surface area contributed by atoms with Crippen LogP contribution in [0.5, 0.6) is 0 Å². The van der Waals surface area contributed by atoms with Gasteiger partial charge in [-0.25, -0.2) is 0 Å². The van der Waals surface area contributed by atoms with Crippen molar-refractivity contribution in [1.29, 1.82) is 0 Å². The van der Waals surface area contributed by atoms with Crippen LogP contribution in [0.3, 0.4) is 0 Å². The molecule has 0 amide bonds. The van der Waals surface area contributed by atoms with Gasteiger partial charge in [0.25, 0.3) is 0 Å². The minimum Gasteiger partial charge on any atom is -0.309 e. The van der Waals surface area contributed by atoms with Crippen molar-refractivity contribution in [1.82, 2.24) is 9.13 Å². The van der Waals surface area contributed by atoms with E-state index in [1.165, 1.54) is 99.2 Å². The van der Waals surface area contributed by atoms with E-state index in [-0.39, 0.29) is 0 Å². The van der Waals surface area contributed by atoms with Crippen LogP contribution in [0.15, 0.2) is 206 Å². The van der Waals surface area contributed by atoms with E-state index >= 15 is 0 Å². The van der Waals surface area contributed by atoms with Crippen LogP contribution in [0.1, 0.15) is 0 Å². The van der Waals surface area contributed by atoms with E-state index in [9.17, 15) is 0 Å². The summed E-state index contributed by atoms with van der Waals surface area (Å²) in [5.74, 6) is 0. The number of hydrogen-bond donors (Lipinski definition) is 0. The summed E-state index contributed by atoms with van der Waals surface area (Å²) in [7, 11) is 0. The molecule has 0 unspecified atom stereocenters. The van der Waals surface area contributed by atoms with Crippen molar-refractivity contribution in [3.63, 3.8) is 0 Å². The van der Waals surface area contributed by atoms with Gasteiger partial charge in [-0.05, 0) is 98.1 Å². The van der Waals surface area contributed by atoms with Crippen LogP contribution in [-0.4, -0.2) is 9.13 Å². The summed E-state index contributed by atoms with van der Waals surface area (Å²) in [5, 5.41) is 5.00. The standard InChI is InChI=1S/C54H34N2/c1-2-17-40-39(16-1)41-18-3-4-19-43(41)49-27-15-26-38(54(49)48-25-6-5-20-42(40)48)35-32-36(55-50-28-11-7-21-44(50)45-22-8-12-29-51(45)55)34-37(33-35)56-52-30-13-9-23-46(52)47-24-10-14-31-53(47)56/h1-34H. The first-order valence-corrected chi connectivity index (χ1v) is 19.4. The molecule has 56 heavy (non-hydrogen) atoms. The second-order valence-corrected chi connectivity index (χ2v) is 14.8. The van der Waals surface area contributed by atoms with Gasteiger partial charge in [0, 0.05) is 32.9 Å². The number of para-hydroxylation sites is 4. The van der Waals surface area contributed by atoms with Gasteiger partial charge in [-0.2, -0.15) is 0 Å². The Morgan fingerprint density at radius 1 is 0.232 bits per heavy atom.